The van der Waals surface area contributed by atoms with Crippen molar-refractivity contribution in [1.29, 1.82) is 0 Å². The predicted molar refractivity (Wildman–Crippen MR) is 104 cm³/mol. The monoisotopic (exact) mass is 415 g/mol. The number of amides is 1. The average Bonchev–Trinajstić information content (AvgIpc) is 2.65. The van der Waals surface area contributed by atoms with Gasteiger partial charge in [-0.25, -0.2) is 4.79 Å². The number of hydrogen-bond acceptors (Lipinski definition) is 4. The number of nitrogens with zero attached hydrogens (tertiary/aromatic N) is 2. The van der Waals surface area contributed by atoms with Crippen LogP contribution in [0.15, 0.2) is 53.3 Å². The Morgan fingerprint density at radius 2 is 2.12 bits per heavy atom. The van der Waals surface area contributed by atoms with Crippen LogP contribution in [-0.4, -0.2) is 41.2 Å². The first kappa shape index (κ1) is 17.5. The summed E-state index contributed by atoms with van der Waals surface area (Å²) in [6, 6.07) is 11.8. The number of rotatable bonds is 4. The van der Waals surface area contributed by atoms with Gasteiger partial charge in [-0.1, -0.05) is 28.1 Å². The topological polar surface area (TPSA) is 54.5 Å². The average molecular weight is 416 g/mol. The molecule has 0 spiro atoms. The van der Waals surface area contributed by atoms with E-state index in [1.807, 2.05) is 36.5 Å². The molecule has 5 nitrogen and oxygen atoms in total. The first-order valence-electron chi connectivity index (χ1n) is 9.05. The minimum Gasteiger partial charge on any atom is -0.444 e. The predicted octanol–water partition coefficient (Wildman–Crippen LogP) is 4.10. The Kier molecular flexibility index (Phi) is 5.22. The van der Waals surface area contributed by atoms with Crippen molar-refractivity contribution in [2.24, 2.45) is 5.92 Å². The van der Waals surface area contributed by atoms with Crippen LogP contribution in [0.2, 0.25) is 0 Å². The molecular weight excluding hydrogens is 394 g/mol. The van der Waals surface area contributed by atoms with Gasteiger partial charge in [0.15, 0.2) is 0 Å². The van der Waals surface area contributed by atoms with Crippen molar-refractivity contribution in [1.82, 2.24) is 9.88 Å². The molecule has 2 bridgehead atoms. The van der Waals surface area contributed by atoms with Crippen LogP contribution in [0.4, 0.5) is 10.5 Å². The fourth-order valence-corrected chi connectivity index (χ4v) is 4.52. The number of anilines is 1. The van der Waals surface area contributed by atoms with Crippen LogP contribution in [-0.2, 0) is 11.2 Å². The van der Waals surface area contributed by atoms with E-state index in [1.54, 1.807) is 6.20 Å². The lowest BCUT2D eigenvalue weighted by molar-refractivity contribution is -0.0741. The molecule has 5 rings (SSSR count). The van der Waals surface area contributed by atoms with Crippen LogP contribution < -0.4 is 5.32 Å². The summed E-state index contributed by atoms with van der Waals surface area (Å²) >= 11 is 3.42. The van der Waals surface area contributed by atoms with Gasteiger partial charge >= 0.3 is 6.09 Å². The standard InChI is InChI=1S/C20H22BrN3O2/c21-16-4-1-5-17(12-16)23-20(25)26-19-15-6-9-24(10-7-15)18(19)11-14-3-2-8-22-13-14/h1-5,8,12-13,15,18-19H,6-7,9-11H2,(H,23,25)/t18-,19+/m0/s1. The van der Waals surface area contributed by atoms with E-state index in [1.165, 1.54) is 5.56 Å². The van der Waals surface area contributed by atoms with Crippen LogP contribution in [0.3, 0.4) is 0 Å². The van der Waals surface area contributed by atoms with Crippen LogP contribution in [0.25, 0.3) is 0 Å². The van der Waals surface area contributed by atoms with Gasteiger partial charge in [0.1, 0.15) is 6.10 Å². The smallest absolute Gasteiger partial charge is 0.411 e. The number of halogens is 1. The number of benzene rings is 1. The largest absolute Gasteiger partial charge is 0.444 e. The van der Waals surface area contributed by atoms with Crippen LogP contribution in [0.1, 0.15) is 18.4 Å². The zero-order valence-electron chi connectivity index (χ0n) is 14.5. The Balaban J connectivity index is 1.46. The number of ether oxygens (including phenoxy) is 1. The molecule has 0 aliphatic carbocycles. The molecule has 1 aromatic carbocycles. The summed E-state index contributed by atoms with van der Waals surface area (Å²) in [7, 11) is 0. The lowest BCUT2D eigenvalue weighted by atomic mass is 9.78. The highest BCUT2D eigenvalue weighted by atomic mass is 79.9. The van der Waals surface area contributed by atoms with E-state index in [2.05, 4.69) is 37.2 Å². The number of carbonyl (C=O) groups excluding carboxylic acids is 1. The van der Waals surface area contributed by atoms with Gasteiger partial charge in [-0.05, 0) is 62.2 Å². The fraction of sp³-hybridized carbons (Fsp3) is 0.400. The number of piperidine rings is 3. The lowest BCUT2D eigenvalue weighted by Gasteiger charge is -2.50. The molecule has 136 valence electrons. The number of pyridine rings is 1. The second kappa shape index (κ2) is 7.76. The van der Waals surface area contributed by atoms with Gasteiger partial charge < -0.3 is 4.74 Å². The molecule has 0 unspecified atom stereocenters. The van der Waals surface area contributed by atoms with Crippen LogP contribution >= 0.6 is 15.9 Å². The van der Waals surface area contributed by atoms with Crippen molar-refractivity contribution in [2.45, 2.75) is 31.4 Å². The third-order valence-corrected chi connectivity index (χ3v) is 5.86. The molecule has 1 amide bonds. The Labute approximate surface area is 161 Å². The summed E-state index contributed by atoms with van der Waals surface area (Å²) < 4.78 is 6.85. The van der Waals surface area contributed by atoms with E-state index in [9.17, 15) is 4.79 Å². The molecule has 1 N–H and O–H groups in total. The van der Waals surface area contributed by atoms with Crippen molar-refractivity contribution >= 4 is 27.7 Å². The number of nitrogens with one attached hydrogen (secondary N) is 1. The Morgan fingerprint density at radius 3 is 2.85 bits per heavy atom. The molecule has 4 heterocycles. The molecule has 3 fully saturated rings. The molecule has 26 heavy (non-hydrogen) atoms. The van der Waals surface area contributed by atoms with E-state index in [-0.39, 0.29) is 18.2 Å². The van der Waals surface area contributed by atoms with Crippen molar-refractivity contribution in [2.75, 3.05) is 18.4 Å². The third-order valence-electron chi connectivity index (χ3n) is 5.37. The van der Waals surface area contributed by atoms with E-state index < -0.39 is 0 Å². The Morgan fingerprint density at radius 1 is 1.27 bits per heavy atom. The van der Waals surface area contributed by atoms with Crippen LogP contribution in [0.5, 0.6) is 0 Å². The normalized spacial score (nSPS) is 27.1. The number of carbonyl (C=O) groups is 1. The SMILES string of the molecule is O=C(Nc1cccc(Br)c1)O[C@@H]1C2CCN(CC2)[C@H]1Cc1cccnc1. The summed E-state index contributed by atoms with van der Waals surface area (Å²) in [5.74, 6) is 0.440. The second-order valence-corrected chi connectivity index (χ2v) is 7.93. The van der Waals surface area contributed by atoms with Crippen molar-refractivity contribution in [3.05, 3.63) is 58.8 Å². The third kappa shape index (κ3) is 3.91. The summed E-state index contributed by atoms with van der Waals surface area (Å²) in [5, 5.41) is 2.85. The maximum atomic E-state index is 12.5. The van der Waals surface area contributed by atoms with Crippen LogP contribution in [0, 0.1) is 5.92 Å². The van der Waals surface area contributed by atoms with E-state index in [0.717, 1.165) is 42.5 Å². The maximum absolute atomic E-state index is 12.5. The van der Waals surface area contributed by atoms with Gasteiger partial charge in [0.2, 0.25) is 0 Å². The minimum atomic E-state index is -0.377. The zero-order chi connectivity index (χ0) is 17.9. The molecule has 0 radical (unpaired) electrons. The number of fused-ring (bicyclic) bond motifs is 3. The quantitative estimate of drug-likeness (QED) is 0.816. The highest BCUT2D eigenvalue weighted by molar-refractivity contribution is 9.10. The first-order chi connectivity index (χ1) is 12.7. The molecule has 3 aliphatic heterocycles. The Hall–Kier alpha value is -1.92. The summed E-state index contributed by atoms with van der Waals surface area (Å²) in [6.07, 6.45) is 6.29. The van der Waals surface area contributed by atoms with Gasteiger partial charge in [-0.2, -0.15) is 0 Å². The highest BCUT2D eigenvalue weighted by Crippen LogP contribution is 2.36. The lowest BCUT2D eigenvalue weighted by Crippen LogP contribution is -2.60. The zero-order valence-corrected chi connectivity index (χ0v) is 16.1. The van der Waals surface area contributed by atoms with Gasteiger partial charge in [-0.15, -0.1) is 0 Å². The Bertz CT molecular complexity index is 763. The van der Waals surface area contributed by atoms with Crippen molar-refractivity contribution in [3.8, 4) is 0 Å². The maximum Gasteiger partial charge on any atom is 0.411 e. The number of aromatic nitrogens is 1. The minimum absolute atomic E-state index is 0.0788. The molecular formula is C20H22BrN3O2. The fourth-order valence-electron chi connectivity index (χ4n) is 4.12. The molecule has 2 aromatic rings. The summed E-state index contributed by atoms with van der Waals surface area (Å²) in [5.41, 5.74) is 1.92. The summed E-state index contributed by atoms with van der Waals surface area (Å²) in [4.78, 5) is 19.2. The van der Waals surface area contributed by atoms with E-state index >= 15 is 0 Å². The first-order valence-corrected chi connectivity index (χ1v) is 9.84. The van der Waals surface area contributed by atoms with Crippen molar-refractivity contribution in [3.63, 3.8) is 0 Å². The second-order valence-electron chi connectivity index (χ2n) is 7.01. The molecule has 2 atom stereocenters. The molecule has 3 saturated heterocycles. The van der Waals surface area contributed by atoms with Gasteiger partial charge in [0.25, 0.3) is 0 Å². The van der Waals surface area contributed by atoms with Gasteiger partial charge in [0.05, 0.1) is 6.04 Å². The molecule has 1 aromatic heterocycles. The van der Waals surface area contributed by atoms with Gasteiger partial charge in [0, 0.05) is 28.5 Å². The molecule has 6 heteroatoms. The van der Waals surface area contributed by atoms with Gasteiger partial charge in [-0.3, -0.25) is 15.2 Å². The number of hydrogen-bond donors (Lipinski definition) is 1. The van der Waals surface area contributed by atoms with E-state index in [4.69, 9.17) is 4.74 Å². The van der Waals surface area contributed by atoms with E-state index in [0.29, 0.717) is 5.92 Å². The summed E-state index contributed by atoms with van der Waals surface area (Å²) in [6.45, 7) is 2.17. The molecule has 0 saturated carbocycles. The highest BCUT2D eigenvalue weighted by Gasteiger charge is 2.44. The van der Waals surface area contributed by atoms with Crippen molar-refractivity contribution < 1.29 is 9.53 Å². The molecule has 3 aliphatic rings.